The molecular formula is C15H15ClN2O2. The second-order valence-electron chi connectivity index (χ2n) is 4.55. The van der Waals surface area contributed by atoms with Crippen molar-refractivity contribution in [1.29, 1.82) is 0 Å². The van der Waals surface area contributed by atoms with Crippen LogP contribution in [0.3, 0.4) is 0 Å². The molecule has 1 unspecified atom stereocenters. The molecule has 1 atom stereocenters. The van der Waals surface area contributed by atoms with Crippen molar-refractivity contribution >= 4 is 17.3 Å². The van der Waals surface area contributed by atoms with Crippen LogP contribution in [0.15, 0.2) is 48.5 Å². The van der Waals surface area contributed by atoms with Gasteiger partial charge in [-0.25, -0.2) is 0 Å². The van der Waals surface area contributed by atoms with Gasteiger partial charge in [-0.05, 0) is 24.1 Å². The molecule has 0 aliphatic heterocycles. The van der Waals surface area contributed by atoms with E-state index in [9.17, 15) is 10.1 Å². The first kappa shape index (κ1) is 14.5. The maximum absolute atomic E-state index is 10.6. The summed E-state index contributed by atoms with van der Waals surface area (Å²) in [4.78, 5) is 10.2. The zero-order valence-electron chi connectivity index (χ0n) is 11.0. The summed E-state index contributed by atoms with van der Waals surface area (Å²) < 4.78 is 0. The maximum atomic E-state index is 10.6. The molecule has 0 aliphatic carbocycles. The summed E-state index contributed by atoms with van der Waals surface area (Å²) in [5.74, 6) is 0. The summed E-state index contributed by atoms with van der Waals surface area (Å²) in [6, 6.07) is 14.3. The van der Waals surface area contributed by atoms with Crippen LogP contribution in [0.2, 0.25) is 5.02 Å². The number of nitrogens with zero attached hydrogens (tertiary/aromatic N) is 1. The Balaban J connectivity index is 1.98. The number of nitro benzene ring substituents is 1. The summed E-state index contributed by atoms with van der Waals surface area (Å²) in [7, 11) is 0. The molecule has 5 heteroatoms. The first-order valence-corrected chi connectivity index (χ1v) is 6.67. The average molecular weight is 291 g/mol. The summed E-state index contributed by atoms with van der Waals surface area (Å²) in [6.07, 6.45) is 0. The van der Waals surface area contributed by atoms with E-state index in [4.69, 9.17) is 11.6 Å². The Morgan fingerprint density at radius 1 is 1.20 bits per heavy atom. The van der Waals surface area contributed by atoms with E-state index in [1.54, 1.807) is 12.1 Å². The van der Waals surface area contributed by atoms with Crippen molar-refractivity contribution in [2.45, 2.75) is 19.5 Å². The van der Waals surface area contributed by atoms with Crippen molar-refractivity contribution in [2.75, 3.05) is 0 Å². The summed E-state index contributed by atoms with van der Waals surface area (Å²) in [5.41, 5.74) is 2.14. The van der Waals surface area contributed by atoms with Crippen LogP contribution in [-0.2, 0) is 6.54 Å². The van der Waals surface area contributed by atoms with E-state index in [1.165, 1.54) is 12.1 Å². The normalized spacial score (nSPS) is 12.1. The van der Waals surface area contributed by atoms with Gasteiger partial charge < -0.3 is 5.32 Å². The van der Waals surface area contributed by atoms with Crippen molar-refractivity contribution < 1.29 is 4.92 Å². The number of benzene rings is 2. The Morgan fingerprint density at radius 3 is 2.45 bits per heavy atom. The predicted molar refractivity (Wildman–Crippen MR) is 79.8 cm³/mol. The Morgan fingerprint density at radius 2 is 1.85 bits per heavy atom. The lowest BCUT2D eigenvalue weighted by Crippen LogP contribution is -2.18. The number of rotatable bonds is 5. The molecule has 0 aliphatic rings. The fourth-order valence-electron chi connectivity index (χ4n) is 1.94. The van der Waals surface area contributed by atoms with Gasteiger partial charge in [-0.1, -0.05) is 41.9 Å². The number of non-ortho nitro benzene ring substituents is 1. The molecule has 0 fully saturated rings. The quantitative estimate of drug-likeness (QED) is 0.666. The third-order valence-corrected chi connectivity index (χ3v) is 3.48. The van der Waals surface area contributed by atoms with Crippen molar-refractivity contribution in [2.24, 2.45) is 0 Å². The third-order valence-electron chi connectivity index (χ3n) is 3.13. The van der Waals surface area contributed by atoms with Gasteiger partial charge in [0, 0.05) is 29.7 Å². The smallest absolute Gasteiger partial charge is 0.269 e. The Bertz CT molecular complexity index is 599. The molecule has 0 saturated heterocycles. The number of nitro groups is 1. The molecular weight excluding hydrogens is 276 g/mol. The second-order valence-corrected chi connectivity index (χ2v) is 4.95. The molecule has 0 heterocycles. The number of nitrogens with one attached hydrogen (secondary N) is 1. The molecule has 104 valence electrons. The first-order valence-electron chi connectivity index (χ1n) is 6.29. The molecule has 0 saturated carbocycles. The van der Waals surface area contributed by atoms with Crippen LogP contribution in [-0.4, -0.2) is 4.92 Å². The first-order chi connectivity index (χ1) is 9.58. The van der Waals surface area contributed by atoms with Crippen LogP contribution in [0.4, 0.5) is 5.69 Å². The zero-order valence-corrected chi connectivity index (χ0v) is 11.8. The van der Waals surface area contributed by atoms with Crippen molar-refractivity contribution in [3.63, 3.8) is 0 Å². The van der Waals surface area contributed by atoms with E-state index in [1.807, 2.05) is 31.2 Å². The summed E-state index contributed by atoms with van der Waals surface area (Å²) >= 11 is 6.14. The van der Waals surface area contributed by atoms with E-state index in [-0.39, 0.29) is 11.7 Å². The van der Waals surface area contributed by atoms with E-state index in [0.29, 0.717) is 6.54 Å². The molecule has 0 aromatic heterocycles. The average Bonchev–Trinajstić information content (AvgIpc) is 2.45. The molecule has 4 nitrogen and oxygen atoms in total. The van der Waals surface area contributed by atoms with Gasteiger partial charge in [0.2, 0.25) is 0 Å². The van der Waals surface area contributed by atoms with Gasteiger partial charge in [-0.15, -0.1) is 0 Å². The van der Waals surface area contributed by atoms with E-state index < -0.39 is 4.92 Å². The summed E-state index contributed by atoms with van der Waals surface area (Å²) in [5, 5.41) is 14.7. The largest absolute Gasteiger partial charge is 0.306 e. The van der Waals surface area contributed by atoms with Crippen LogP contribution in [0.1, 0.15) is 24.1 Å². The fourth-order valence-corrected chi connectivity index (χ4v) is 2.24. The van der Waals surface area contributed by atoms with Crippen molar-refractivity contribution in [1.82, 2.24) is 5.32 Å². The highest BCUT2D eigenvalue weighted by atomic mass is 35.5. The highest BCUT2D eigenvalue weighted by molar-refractivity contribution is 6.31. The van der Waals surface area contributed by atoms with Gasteiger partial charge in [0.15, 0.2) is 0 Å². The second kappa shape index (κ2) is 6.50. The lowest BCUT2D eigenvalue weighted by Gasteiger charge is -2.15. The van der Waals surface area contributed by atoms with Crippen LogP contribution >= 0.6 is 11.6 Å². The molecule has 2 rings (SSSR count). The van der Waals surface area contributed by atoms with Gasteiger partial charge >= 0.3 is 0 Å². The highest BCUT2D eigenvalue weighted by Crippen LogP contribution is 2.22. The molecule has 2 aromatic carbocycles. The number of halogens is 1. The standard InChI is InChI=1S/C15H15ClN2O2/c1-11(14-4-2-3-5-15(14)16)17-10-12-6-8-13(9-7-12)18(19)20/h2-9,11,17H,10H2,1H3. The monoisotopic (exact) mass is 290 g/mol. The SMILES string of the molecule is CC(NCc1ccc([N+](=O)[O-])cc1)c1ccccc1Cl. The van der Waals surface area contributed by atoms with Crippen LogP contribution in [0.25, 0.3) is 0 Å². The Hall–Kier alpha value is -1.91. The zero-order chi connectivity index (χ0) is 14.5. The highest BCUT2D eigenvalue weighted by Gasteiger charge is 2.09. The van der Waals surface area contributed by atoms with Crippen LogP contribution in [0.5, 0.6) is 0 Å². The topological polar surface area (TPSA) is 55.2 Å². The fraction of sp³-hybridized carbons (Fsp3) is 0.200. The van der Waals surface area contributed by atoms with E-state index in [0.717, 1.165) is 16.1 Å². The Labute approximate surface area is 122 Å². The molecule has 1 N–H and O–H groups in total. The molecule has 2 aromatic rings. The van der Waals surface area contributed by atoms with Gasteiger partial charge in [-0.2, -0.15) is 0 Å². The molecule has 0 radical (unpaired) electrons. The predicted octanol–water partition coefficient (Wildman–Crippen LogP) is 4.10. The van der Waals surface area contributed by atoms with Crippen LogP contribution < -0.4 is 5.32 Å². The summed E-state index contributed by atoms with van der Waals surface area (Å²) in [6.45, 7) is 2.66. The maximum Gasteiger partial charge on any atom is 0.269 e. The van der Waals surface area contributed by atoms with Gasteiger partial charge in [0.25, 0.3) is 5.69 Å². The van der Waals surface area contributed by atoms with Crippen LogP contribution in [0, 0.1) is 10.1 Å². The van der Waals surface area contributed by atoms with Crippen molar-refractivity contribution in [3.05, 3.63) is 74.8 Å². The molecule has 20 heavy (non-hydrogen) atoms. The van der Waals surface area contributed by atoms with E-state index in [2.05, 4.69) is 5.32 Å². The lowest BCUT2D eigenvalue weighted by molar-refractivity contribution is -0.384. The van der Waals surface area contributed by atoms with Gasteiger partial charge in [0.05, 0.1) is 4.92 Å². The molecule has 0 bridgehead atoms. The molecule has 0 amide bonds. The number of hydrogen-bond donors (Lipinski definition) is 1. The lowest BCUT2D eigenvalue weighted by atomic mass is 10.1. The minimum atomic E-state index is -0.399. The van der Waals surface area contributed by atoms with E-state index >= 15 is 0 Å². The third kappa shape index (κ3) is 3.56. The van der Waals surface area contributed by atoms with Gasteiger partial charge in [0.1, 0.15) is 0 Å². The van der Waals surface area contributed by atoms with Crippen molar-refractivity contribution in [3.8, 4) is 0 Å². The van der Waals surface area contributed by atoms with Gasteiger partial charge in [-0.3, -0.25) is 10.1 Å². The molecule has 0 spiro atoms. The minimum Gasteiger partial charge on any atom is -0.306 e. The number of hydrogen-bond acceptors (Lipinski definition) is 3. The Kier molecular flexibility index (Phi) is 4.71. The minimum absolute atomic E-state index is 0.105.